The molecule has 0 unspecified atom stereocenters. The number of rotatable bonds is 4. The summed E-state index contributed by atoms with van der Waals surface area (Å²) >= 11 is 3.37. The lowest BCUT2D eigenvalue weighted by Crippen LogP contribution is -2.24. The Bertz CT molecular complexity index is 592. The summed E-state index contributed by atoms with van der Waals surface area (Å²) in [6.07, 6.45) is 0. The van der Waals surface area contributed by atoms with E-state index in [9.17, 15) is 4.39 Å². The van der Waals surface area contributed by atoms with Gasteiger partial charge >= 0.3 is 0 Å². The molecule has 0 radical (unpaired) electrons. The molecule has 1 aromatic heterocycles. The van der Waals surface area contributed by atoms with E-state index < -0.39 is 0 Å². The molecule has 0 aliphatic heterocycles. The average molecular weight is 341 g/mol. The van der Waals surface area contributed by atoms with E-state index >= 15 is 0 Å². The van der Waals surface area contributed by atoms with Crippen molar-refractivity contribution in [3.63, 3.8) is 0 Å². The molecule has 20 heavy (non-hydrogen) atoms. The molecule has 1 heterocycles. The van der Waals surface area contributed by atoms with E-state index in [1.807, 2.05) is 27.7 Å². The summed E-state index contributed by atoms with van der Waals surface area (Å²) in [4.78, 5) is 0. The van der Waals surface area contributed by atoms with Gasteiger partial charge in [-0.05, 0) is 45.9 Å². The van der Waals surface area contributed by atoms with Gasteiger partial charge in [-0.2, -0.15) is 0 Å². The van der Waals surface area contributed by atoms with Crippen LogP contribution >= 0.6 is 15.9 Å². The highest BCUT2D eigenvalue weighted by molar-refractivity contribution is 9.10. The maximum absolute atomic E-state index is 13.9. The molecule has 0 aliphatic rings. The molecule has 3 nitrogen and oxygen atoms in total. The first-order valence-corrected chi connectivity index (χ1v) is 7.33. The van der Waals surface area contributed by atoms with Crippen molar-refractivity contribution < 1.29 is 8.91 Å². The first kappa shape index (κ1) is 15.2. The molecule has 0 amide bonds. The summed E-state index contributed by atoms with van der Waals surface area (Å²) in [7, 11) is 0. The van der Waals surface area contributed by atoms with E-state index in [1.54, 1.807) is 12.1 Å². The van der Waals surface area contributed by atoms with Crippen LogP contribution in [0.15, 0.2) is 27.2 Å². The molecule has 0 saturated heterocycles. The molecular weight excluding hydrogens is 323 g/mol. The van der Waals surface area contributed by atoms with Gasteiger partial charge in [0.15, 0.2) is 0 Å². The molecule has 0 aliphatic carbocycles. The largest absolute Gasteiger partial charge is 0.361 e. The molecule has 108 valence electrons. The molecule has 0 saturated carbocycles. The van der Waals surface area contributed by atoms with Crippen LogP contribution in [0.2, 0.25) is 0 Å². The Morgan fingerprint density at radius 1 is 1.25 bits per heavy atom. The van der Waals surface area contributed by atoms with E-state index in [2.05, 4.69) is 26.4 Å². The smallest absolute Gasteiger partial charge is 0.138 e. The van der Waals surface area contributed by atoms with E-state index in [0.717, 1.165) is 21.5 Å². The maximum atomic E-state index is 13.9. The Morgan fingerprint density at radius 3 is 2.55 bits per heavy atom. The van der Waals surface area contributed by atoms with Gasteiger partial charge < -0.3 is 9.84 Å². The molecule has 0 fully saturated rings. The van der Waals surface area contributed by atoms with E-state index in [0.29, 0.717) is 5.56 Å². The number of aryl methyl sites for hydroxylation is 2. The molecule has 1 N–H and O–H groups in total. The van der Waals surface area contributed by atoms with Gasteiger partial charge in [0.25, 0.3) is 0 Å². The fraction of sp³-hybridized carbons (Fsp3) is 0.400. The van der Waals surface area contributed by atoms with Gasteiger partial charge in [-0.3, -0.25) is 0 Å². The lowest BCUT2D eigenvalue weighted by molar-refractivity contribution is 0.389. The van der Waals surface area contributed by atoms with Gasteiger partial charge in [0.1, 0.15) is 11.6 Å². The quantitative estimate of drug-likeness (QED) is 0.883. The lowest BCUT2D eigenvalue weighted by atomic mass is 10.0. The van der Waals surface area contributed by atoms with Crippen molar-refractivity contribution in [3.05, 3.63) is 51.1 Å². The van der Waals surface area contributed by atoms with Crippen molar-refractivity contribution in [3.8, 4) is 0 Å². The van der Waals surface area contributed by atoms with E-state index in [1.165, 1.54) is 6.07 Å². The number of hydrogen-bond donors (Lipinski definition) is 1. The Morgan fingerprint density at radius 2 is 1.95 bits per heavy atom. The Balaban J connectivity index is 2.19. The van der Waals surface area contributed by atoms with Crippen molar-refractivity contribution in [1.82, 2.24) is 10.5 Å². The van der Waals surface area contributed by atoms with Gasteiger partial charge in [0.2, 0.25) is 0 Å². The van der Waals surface area contributed by atoms with Gasteiger partial charge in [-0.25, -0.2) is 4.39 Å². The molecule has 0 bridgehead atoms. The minimum atomic E-state index is -0.209. The second-order valence-corrected chi connectivity index (χ2v) is 5.93. The lowest BCUT2D eigenvalue weighted by Gasteiger charge is -2.21. The van der Waals surface area contributed by atoms with Crippen LogP contribution in [0.4, 0.5) is 4.39 Å². The van der Waals surface area contributed by atoms with Crippen LogP contribution in [0, 0.1) is 19.7 Å². The number of nitrogens with zero attached hydrogens (tertiary/aromatic N) is 1. The Kier molecular flexibility index (Phi) is 4.60. The van der Waals surface area contributed by atoms with E-state index in [-0.39, 0.29) is 17.9 Å². The maximum Gasteiger partial charge on any atom is 0.138 e. The third kappa shape index (κ3) is 3.10. The highest BCUT2D eigenvalue weighted by atomic mass is 79.9. The Hall–Kier alpha value is -1.20. The molecule has 2 rings (SSSR count). The van der Waals surface area contributed by atoms with Crippen LogP contribution in [0.1, 0.15) is 48.5 Å². The monoisotopic (exact) mass is 340 g/mol. The minimum Gasteiger partial charge on any atom is -0.361 e. The zero-order valence-electron chi connectivity index (χ0n) is 12.0. The second-order valence-electron chi connectivity index (χ2n) is 5.01. The van der Waals surface area contributed by atoms with Crippen LogP contribution in [-0.4, -0.2) is 5.16 Å². The first-order valence-electron chi connectivity index (χ1n) is 6.54. The summed E-state index contributed by atoms with van der Waals surface area (Å²) < 4.78 is 19.9. The fourth-order valence-corrected chi connectivity index (χ4v) is 2.88. The van der Waals surface area contributed by atoms with Crippen molar-refractivity contribution in [2.24, 2.45) is 0 Å². The predicted octanol–water partition coefficient (Wildman–Crippen LogP) is 4.60. The van der Waals surface area contributed by atoms with Crippen molar-refractivity contribution in [2.45, 2.75) is 39.8 Å². The van der Waals surface area contributed by atoms with Gasteiger partial charge in [-0.15, -0.1) is 0 Å². The van der Waals surface area contributed by atoms with Gasteiger partial charge in [0, 0.05) is 27.7 Å². The van der Waals surface area contributed by atoms with Crippen LogP contribution in [0.3, 0.4) is 0 Å². The number of halogens is 2. The summed E-state index contributed by atoms with van der Waals surface area (Å²) in [6, 6.07) is 4.89. The number of benzene rings is 1. The summed E-state index contributed by atoms with van der Waals surface area (Å²) in [5, 5.41) is 7.34. The molecule has 1 aromatic carbocycles. The van der Waals surface area contributed by atoms with Gasteiger partial charge in [-0.1, -0.05) is 21.1 Å². The van der Waals surface area contributed by atoms with Crippen LogP contribution in [-0.2, 0) is 0 Å². The molecule has 5 heteroatoms. The Labute approximate surface area is 126 Å². The third-order valence-corrected chi connectivity index (χ3v) is 3.94. The third-order valence-electron chi connectivity index (χ3n) is 3.45. The minimum absolute atomic E-state index is 0.0367. The highest BCUT2D eigenvalue weighted by Gasteiger charge is 2.20. The topological polar surface area (TPSA) is 38.1 Å². The summed E-state index contributed by atoms with van der Waals surface area (Å²) in [6.45, 7) is 7.77. The molecule has 2 atom stereocenters. The van der Waals surface area contributed by atoms with Crippen LogP contribution < -0.4 is 5.32 Å². The standard InChI is InChI=1S/C15H18BrFN2O/c1-8(13-7-12(16)5-6-14(13)17)18-9(2)15-10(3)19-20-11(15)4/h5-9,18H,1-4H3/t8-,9+/m1/s1. The van der Waals surface area contributed by atoms with E-state index in [4.69, 9.17) is 4.52 Å². The van der Waals surface area contributed by atoms with Crippen molar-refractivity contribution >= 4 is 15.9 Å². The summed E-state index contributed by atoms with van der Waals surface area (Å²) in [5.41, 5.74) is 2.54. The zero-order chi connectivity index (χ0) is 14.9. The van der Waals surface area contributed by atoms with Crippen molar-refractivity contribution in [1.29, 1.82) is 0 Å². The molecular formula is C15H18BrFN2O. The number of nitrogens with one attached hydrogen (secondary N) is 1. The van der Waals surface area contributed by atoms with Gasteiger partial charge in [0.05, 0.1) is 5.69 Å². The van der Waals surface area contributed by atoms with Crippen molar-refractivity contribution in [2.75, 3.05) is 0 Å². The zero-order valence-corrected chi connectivity index (χ0v) is 13.6. The van der Waals surface area contributed by atoms with Crippen LogP contribution in [0.25, 0.3) is 0 Å². The SMILES string of the molecule is Cc1noc(C)c1[C@H](C)N[C@H](C)c1cc(Br)ccc1F. The first-order chi connectivity index (χ1) is 9.40. The number of aromatic nitrogens is 1. The highest BCUT2D eigenvalue weighted by Crippen LogP contribution is 2.26. The predicted molar refractivity (Wildman–Crippen MR) is 80.0 cm³/mol. The number of hydrogen-bond acceptors (Lipinski definition) is 3. The molecule has 0 spiro atoms. The average Bonchev–Trinajstić information content (AvgIpc) is 2.71. The molecule has 2 aromatic rings. The normalized spacial score (nSPS) is 14.3. The fourth-order valence-electron chi connectivity index (χ4n) is 2.50. The van der Waals surface area contributed by atoms with Crippen LogP contribution in [0.5, 0.6) is 0 Å². The second kappa shape index (κ2) is 6.06. The summed E-state index contributed by atoms with van der Waals surface area (Å²) in [5.74, 6) is 0.587.